The summed E-state index contributed by atoms with van der Waals surface area (Å²) in [5, 5.41) is 38.3. The highest BCUT2D eigenvalue weighted by molar-refractivity contribution is 5.82. The number of carbonyl (C=O) groups excluding carboxylic acids is 2. The second-order valence-corrected chi connectivity index (χ2v) is 10.4. The number of aliphatic imine (C=N–C) groups is 1. The summed E-state index contributed by atoms with van der Waals surface area (Å²) in [6.07, 6.45) is 5.31. The molecular weight excluding hydrogens is 486 g/mol. The van der Waals surface area contributed by atoms with Crippen molar-refractivity contribution in [3.63, 3.8) is 0 Å². The lowest BCUT2D eigenvalue weighted by Gasteiger charge is -2.24. The predicted octanol–water partition coefficient (Wildman–Crippen LogP) is 1.46. The maximum Gasteiger partial charge on any atom is 0.251 e. The number of hydrogen-bond donors (Lipinski definition) is 8. The van der Waals surface area contributed by atoms with E-state index in [4.69, 9.17) is 11.1 Å². The number of rotatable bonds is 21. The quantitative estimate of drug-likeness (QED) is 0.0611. The molecule has 0 saturated heterocycles. The van der Waals surface area contributed by atoms with Crippen LogP contribution in [0.3, 0.4) is 0 Å². The van der Waals surface area contributed by atoms with Crippen molar-refractivity contribution in [2.45, 2.75) is 116 Å². The molecule has 0 heterocycles. The van der Waals surface area contributed by atoms with Crippen molar-refractivity contribution in [2.24, 2.45) is 10.7 Å². The summed E-state index contributed by atoms with van der Waals surface area (Å²) in [4.78, 5) is 27.5. The Hall–Kier alpha value is -2.08. The molecule has 0 aliphatic rings. The van der Waals surface area contributed by atoms with Gasteiger partial charge in [-0.15, -0.1) is 0 Å². The van der Waals surface area contributed by atoms with Gasteiger partial charge in [0, 0.05) is 44.1 Å². The summed E-state index contributed by atoms with van der Waals surface area (Å²) in [7, 11) is 1.97. The van der Waals surface area contributed by atoms with Crippen LogP contribution in [-0.2, 0) is 9.59 Å². The number of aliphatic hydroxyl groups is 2. The van der Waals surface area contributed by atoms with E-state index in [0.29, 0.717) is 24.3 Å². The summed E-state index contributed by atoms with van der Waals surface area (Å²) in [6.45, 7) is 12.9. The van der Waals surface area contributed by atoms with E-state index in [2.05, 4.69) is 47.0 Å². The van der Waals surface area contributed by atoms with Crippen LogP contribution in [0.5, 0.6) is 0 Å². The summed E-state index contributed by atoms with van der Waals surface area (Å²) in [5.41, 5.74) is 6.12. The van der Waals surface area contributed by atoms with Gasteiger partial charge in [0.1, 0.15) is 0 Å². The molecule has 0 spiro atoms. The minimum Gasteiger partial charge on any atom is -0.390 e. The fourth-order valence-electron chi connectivity index (χ4n) is 3.12. The Morgan fingerprint density at radius 2 is 1.71 bits per heavy atom. The molecule has 0 aromatic carbocycles. The van der Waals surface area contributed by atoms with E-state index >= 15 is 0 Å². The summed E-state index contributed by atoms with van der Waals surface area (Å²) >= 11 is 0. The first kappa shape index (κ1) is 38.1. The molecule has 0 fully saturated rings. The SMILES string of the molecule is CC(C)NC(=O)CCC(O)C(O)C(=O)NCCN=C(N)CCCCCCC=N.CCC(C)(C)NCCNC. The molecular formula is C27H57N7O4. The number of hydrogen-bond acceptors (Lipinski definition) is 8. The normalized spacial score (nSPS) is 13.3. The van der Waals surface area contributed by atoms with Crippen LogP contribution in [0.4, 0.5) is 0 Å². The third kappa shape index (κ3) is 24.3. The van der Waals surface area contributed by atoms with E-state index < -0.39 is 18.1 Å². The van der Waals surface area contributed by atoms with Crippen LogP contribution in [0, 0.1) is 5.41 Å². The monoisotopic (exact) mass is 543 g/mol. The van der Waals surface area contributed by atoms with Gasteiger partial charge in [0.25, 0.3) is 5.91 Å². The molecule has 2 unspecified atom stereocenters. The van der Waals surface area contributed by atoms with E-state index in [1.54, 1.807) is 0 Å². The number of amides is 2. The molecule has 0 aliphatic carbocycles. The zero-order valence-electron chi connectivity index (χ0n) is 24.7. The molecule has 0 saturated carbocycles. The molecule has 2 atom stereocenters. The summed E-state index contributed by atoms with van der Waals surface area (Å²) < 4.78 is 0. The number of amidine groups is 1. The number of nitrogens with zero attached hydrogens (tertiary/aromatic N) is 1. The van der Waals surface area contributed by atoms with Gasteiger partial charge in [0.05, 0.1) is 18.5 Å². The summed E-state index contributed by atoms with van der Waals surface area (Å²) in [6, 6.07) is -0.00165. The zero-order chi connectivity index (χ0) is 29.4. The van der Waals surface area contributed by atoms with Crippen molar-refractivity contribution < 1.29 is 19.8 Å². The lowest BCUT2D eigenvalue weighted by Crippen LogP contribution is -2.43. The van der Waals surface area contributed by atoms with Crippen LogP contribution >= 0.6 is 0 Å². The number of nitrogens with one attached hydrogen (secondary N) is 5. The van der Waals surface area contributed by atoms with Gasteiger partial charge >= 0.3 is 0 Å². The van der Waals surface area contributed by atoms with Gasteiger partial charge in [-0.05, 0) is 73.1 Å². The Morgan fingerprint density at radius 3 is 2.29 bits per heavy atom. The van der Waals surface area contributed by atoms with Crippen molar-refractivity contribution in [2.75, 3.05) is 33.2 Å². The lowest BCUT2D eigenvalue weighted by molar-refractivity contribution is -0.136. The Balaban J connectivity index is 0. The fourth-order valence-corrected chi connectivity index (χ4v) is 3.12. The second kappa shape index (κ2) is 24.0. The van der Waals surface area contributed by atoms with Crippen molar-refractivity contribution in [3.8, 4) is 0 Å². The Kier molecular flexibility index (Phi) is 24.0. The highest BCUT2D eigenvalue weighted by Gasteiger charge is 2.24. The number of likely N-dealkylation sites (N-methyl/N-ethyl adjacent to an activating group) is 1. The molecule has 224 valence electrons. The minimum absolute atomic E-state index is 0.00165. The molecule has 0 bridgehead atoms. The number of carbonyl (C=O) groups is 2. The molecule has 11 nitrogen and oxygen atoms in total. The standard InChI is InChI=1S/C19H37N5O4.C8H20N2/c1-14(2)24-17(26)10-9-15(25)18(27)19(28)23-13-12-22-16(21)8-6-4-3-5-7-11-20;1-5-8(2,3)10-7-6-9-4/h11,14-15,18,20,25,27H,3-10,12-13H2,1-2H3,(H2,21,22)(H,23,28)(H,24,26);9-10H,5-7H2,1-4H3. The topological polar surface area (TPSA) is 185 Å². The average molecular weight is 544 g/mol. The van der Waals surface area contributed by atoms with E-state index in [1.807, 2.05) is 20.9 Å². The second-order valence-electron chi connectivity index (χ2n) is 10.4. The molecule has 0 aliphatic heterocycles. The number of unbranched alkanes of at least 4 members (excludes halogenated alkanes) is 4. The van der Waals surface area contributed by atoms with Crippen LogP contribution in [0.1, 0.15) is 92.4 Å². The predicted molar refractivity (Wildman–Crippen MR) is 157 cm³/mol. The van der Waals surface area contributed by atoms with Crippen molar-refractivity contribution >= 4 is 23.9 Å². The maximum atomic E-state index is 11.8. The molecule has 38 heavy (non-hydrogen) atoms. The van der Waals surface area contributed by atoms with E-state index in [1.165, 1.54) is 12.6 Å². The average Bonchev–Trinajstić information content (AvgIpc) is 2.86. The molecule has 0 rings (SSSR count). The Bertz CT molecular complexity index is 657. The molecule has 0 aromatic heterocycles. The van der Waals surface area contributed by atoms with Gasteiger partial charge in [-0.2, -0.15) is 0 Å². The van der Waals surface area contributed by atoms with Gasteiger partial charge in [0.2, 0.25) is 5.91 Å². The highest BCUT2D eigenvalue weighted by atomic mass is 16.3. The molecule has 0 radical (unpaired) electrons. The van der Waals surface area contributed by atoms with E-state index in [0.717, 1.165) is 45.2 Å². The zero-order valence-corrected chi connectivity index (χ0v) is 24.7. The number of nitrogens with two attached hydrogens (primary N) is 1. The van der Waals surface area contributed by atoms with Gasteiger partial charge in [-0.1, -0.05) is 19.8 Å². The van der Waals surface area contributed by atoms with Gasteiger partial charge < -0.3 is 42.6 Å². The first-order chi connectivity index (χ1) is 17.9. The van der Waals surface area contributed by atoms with Crippen LogP contribution in [-0.4, -0.2) is 91.1 Å². The van der Waals surface area contributed by atoms with Gasteiger partial charge in [0.15, 0.2) is 6.10 Å². The van der Waals surface area contributed by atoms with Crippen molar-refractivity contribution in [1.29, 1.82) is 5.41 Å². The van der Waals surface area contributed by atoms with E-state index in [-0.39, 0.29) is 31.3 Å². The smallest absolute Gasteiger partial charge is 0.251 e. The third-order valence-corrected chi connectivity index (χ3v) is 5.87. The first-order valence-electron chi connectivity index (χ1n) is 14.0. The largest absolute Gasteiger partial charge is 0.390 e. The molecule has 0 aromatic rings. The minimum atomic E-state index is -1.59. The van der Waals surface area contributed by atoms with E-state index in [9.17, 15) is 19.8 Å². The lowest BCUT2D eigenvalue weighted by atomic mass is 10.0. The third-order valence-electron chi connectivity index (χ3n) is 5.87. The first-order valence-corrected chi connectivity index (χ1v) is 14.0. The molecule has 9 N–H and O–H groups in total. The fraction of sp³-hybridized carbons (Fsp3) is 0.852. The van der Waals surface area contributed by atoms with Crippen LogP contribution in [0.25, 0.3) is 0 Å². The van der Waals surface area contributed by atoms with Gasteiger partial charge in [-0.25, -0.2) is 0 Å². The Labute approximate surface area is 230 Å². The maximum absolute atomic E-state index is 11.8. The van der Waals surface area contributed by atoms with Crippen molar-refractivity contribution in [1.82, 2.24) is 21.3 Å². The highest BCUT2D eigenvalue weighted by Crippen LogP contribution is 2.06. The van der Waals surface area contributed by atoms with Crippen LogP contribution in [0.15, 0.2) is 4.99 Å². The van der Waals surface area contributed by atoms with Gasteiger partial charge in [-0.3, -0.25) is 14.6 Å². The van der Waals surface area contributed by atoms with Crippen LogP contribution < -0.4 is 27.0 Å². The summed E-state index contributed by atoms with van der Waals surface area (Å²) in [5.74, 6) is -0.406. The molecule has 11 heteroatoms. The van der Waals surface area contributed by atoms with Crippen molar-refractivity contribution in [3.05, 3.63) is 0 Å². The number of aliphatic hydroxyl groups excluding tert-OH is 2. The van der Waals surface area contributed by atoms with Crippen LogP contribution in [0.2, 0.25) is 0 Å². The molecule has 2 amide bonds. The Morgan fingerprint density at radius 1 is 1.05 bits per heavy atom.